The summed E-state index contributed by atoms with van der Waals surface area (Å²) in [6.07, 6.45) is 5.60. The summed E-state index contributed by atoms with van der Waals surface area (Å²) in [4.78, 5) is 0. The number of hydrogen-bond donors (Lipinski definition) is 0. The zero-order chi connectivity index (χ0) is 9.61. The minimum absolute atomic E-state index is 0.620. The minimum Gasteiger partial charge on any atom is -0.119 e. The molecule has 0 N–H and O–H groups in total. The van der Waals surface area contributed by atoms with Gasteiger partial charge in [0, 0.05) is 0 Å². The molecule has 0 fully saturated rings. The zero-order valence-corrected chi connectivity index (χ0v) is 10.4. The normalized spacial score (nSPS) is 17.5. The van der Waals surface area contributed by atoms with Gasteiger partial charge >= 0.3 is 0 Å². The molecule has 0 aromatic rings. The maximum Gasteiger partial charge on any atom is -0.0130 e. The Kier molecular flexibility index (Phi) is 6.19. The van der Waals surface area contributed by atoms with Gasteiger partial charge in [0.05, 0.1) is 0 Å². The summed E-state index contributed by atoms with van der Waals surface area (Å²) in [5.41, 5.74) is 0. The van der Waals surface area contributed by atoms with Crippen LogP contribution in [0.25, 0.3) is 0 Å². The third-order valence-corrected chi connectivity index (χ3v) is 5.11. The second kappa shape index (κ2) is 5.97. The molecule has 0 rings (SSSR count). The molecule has 0 aliphatic heterocycles. The van der Waals surface area contributed by atoms with E-state index in [-0.39, 0.29) is 0 Å². The fourth-order valence-corrected chi connectivity index (χ4v) is 2.45. The third-order valence-electron chi connectivity index (χ3n) is 3.15. The van der Waals surface area contributed by atoms with Gasteiger partial charge < -0.3 is 0 Å². The molecule has 0 aliphatic rings. The number of unbranched alkanes of at least 4 members (excludes halogenated alkanes) is 2. The molecule has 0 spiro atoms. The average Bonchev–Trinajstić information content (AvgIpc) is 2.04. The Morgan fingerprint density at radius 2 is 1.83 bits per heavy atom. The Labute approximate surface area is 80.3 Å². The lowest BCUT2D eigenvalue weighted by atomic mass is 9.91. The lowest BCUT2D eigenvalue weighted by Gasteiger charge is -2.32. The molecule has 0 bridgehead atoms. The van der Waals surface area contributed by atoms with Gasteiger partial charge in [0.15, 0.2) is 0 Å². The van der Waals surface area contributed by atoms with E-state index >= 15 is 0 Å². The van der Waals surface area contributed by atoms with Crippen LogP contribution in [0.15, 0.2) is 0 Å². The summed E-state index contributed by atoms with van der Waals surface area (Å²) in [5, 5.41) is 0.620. The van der Waals surface area contributed by atoms with Gasteiger partial charge in [0.1, 0.15) is 0 Å². The molecule has 0 radical (unpaired) electrons. The van der Waals surface area contributed by atoms with Crippen LogP contribution >= 0.6 is 8.58 Å². The van der Waals surface area contributed by atoms with Gasteiger partial charge in [0.25, 0.3) is 0 Å². The van der Waals surface area contributed by atoms with Crippen molar-refractivity contribution in [1.82, 2.24) is 0 Å². The van der Waals surface area contributed by atoms with Crippen LogP contribution in [0.3, 0.4) is 0 Å². The lowest BCUT2D eigenvalue weighted by Crippen LogP contribution is -2.25. The maximum atomic E-state index is 2.45. The van der Waals surface area contributed by atoms with Crippen molar-refractivity contribution in [2.75, 3.05) is 6.66 Å². The molecule has 2 atom stereocenters. The third kappa shape index (κ3) is 3.90. The van der Waals surface area contributed by atoms with E-state index in [1.807, 2.05) is 0 Å². The van der Waals surface area contributed by atoms with Crippen LogP contribution in [-0.4, -0.2) is 11.8 Å². The standard InChI is InChI=1S/C11H25P/c1-6-7-8-9-11(4,12-5)10(2)3/h10,12H,6-9H2,1-5H3. The van der Waals surface area contributed by atoms with Crippen molar-refractivity contribution in [2.45, 2.75) is 58.5 Å². The van der Waals surface area contributed by atoms with Gasteiger partial charge in [0.2, 0.25) is 0 Å². The van der Waals surface area contributed by atoms with Crippen LogP contribution in [0, 0.1) is 5.92 Å². The Morgan fingerprint density at radius 1 is 1.25 bits per heavy atom. The van der Waals surface area contributed by atoms with Crippen molar-refractivity contribution in [3.8, 4) is 0 Å². The molecular formula is C11H25P. The summed E-state index contributed by atoms with van der Waals surface area (Å²) < 4.78 is 0. The second-order valence-electron chi connectivity index (χ2n) is 4.28. The van der Waals surface area contributed by atoms with Crippen LogP contribution in [0.5, 0.6) is 0 Å². The molecule has 0 aromatic heterocycles. The van der Waals surface area contributed by atoms with E-state index < -0.39 is 0 Å². The summed E-state index contributed by atoms with van der Waals surface area (Å²) in [6, 6.07) is 0. The predicted octanol–water partition coefficient (Wildman–Crippen LogP) is 4.29. The lowest BCUT2D eigenvalue weighted by molar-refractivity contribution is 0.417. The number of rotatable bonds is 6. The molecule has 12 heavy (non-hydrogen) atoms. The van der Waals surface area contributed by atoms with Gasteiger partial charge in [-0.25, -0.2) is 0 Å². The first-order valence-electron chi connectivity index (χ1n) is 5.25. The molecule has 2 unspecified atom stereocenters. The first kappa shape index (κ1) is 12.4. The Morgan fingerprint density at radius 3 is 2.17 bits per heavy atom. The molecule has 74 valence electrons. The van der Waals surface area contributed by atoms with Crippen molar-refractivity contribution >= 4 is 8.58 Å². The smallest absolute Gasteiger partial charge is 0.0130 e. The van der Waals surface area contributed by atoms with E-state index in [0.29, 0.717) is 5.16 Å². The van der Waals surface area contributed by atoms with Gasteiger partial charge in [-0.05, 0) is 24.2 Å². The molecule has 0 saturated heterocycles. The fraction of sp³-hybridized carbons (Fsp3) is 1.00. The Balaban J connectivity index is 3.80. The molecule has 0 aromatic carbocycles. The van der Waals surface area contributed by atoms with E-state index in [1.54, 1.807) is 0 Å². The van der Waals surface area contributed by atoms with Gasteiger partial charge in [-0.3, -0.25) is 0 Å². The van der Waals surface area contributed by atoms with E-state index in [9.17, 15) is 0 Å². The van der Waals surface area contributed by atoms with Crippen molar-refractivity contribution in [3.05, 3.63) is 0 Å². The van der Waals surface area contributed by atoms with Crippen molar-refractivity contribution in [2.24, 2.45) is 5.92 Å². The molecule has 0 saturated carbocycles. The minimum atomic E-state index is 0.620. The summed E-state index contributed by atoms with van der Waals surface area (Å²) in [6.45, 7) is 11.8. The SMILES string of the molecule is CCCCCC(C)(PC)C(C)C. The van der Waals surface area contributed by atoms with Crippen molar-refractivity contribution < 1.29 is 0 Å². The maximum absolute atomic E-state index is 2.45. The van der Waals surface area contributed by atoms with Crippen LogP contribution < -0.4 is 0 Å². The van der Waals surface area contributed by atoms with Crippen LogP contribution in [-0.2, 0) is 0 Å². The van der Waals surface area contributed by atoms with Crippen LogP contribution in [0.1, 0.15) is 53.4 Å². The highest BCUT2D eigenvalue weighted by Gasteiger charge is 2.25. The first-order valence-corrected chi connectivity index (χ1v) is 6.75. The zero-order valence-electron chi connectivity index (χ0n) is 9.41. The van der Waals surface area contributed by atoms with Crippen molar-refractivity contribution in [1.29, 1.82) is 0 Å². The average molecular weight is 188 g/mol. The molecular weight excluding hydrogens is 163 g/mol. The van der Waals surface area contributed by atoms with Gasteiger partial charge in [-0.15, -0.1) is 8.58 Å². The Bertz CT molecular complexity index is 110. The summed E-state index contributed by atoms with van der Waals surface area (Å²) in [7, 11) is 1.09. The first-order chi connectivity index (χ1) is 5.56. The molecule has 0 amide bonds. The topological polar surface area (TPSA) is 0 Å². The molecule has 1 heteroatoms. The molecule has 0 heterocycles. The summed E-state index contributed by atoms with van der Waals surface area (Å²) in [5.74, 6) is 0.845. The van der Waals surface area contributed by atoms with E-state index in [4.69, 9.17) is 0 Å². The van der Waals surface area contributed by atoms with Crippen LogP contribution in [0.4, 0.5) is 0 Å². The Hall–Kier alpha value is 0.430. The van der Waals surface area contributed by atoms with Gasteiger partial charge in [-0.2, -0.15) is 0 Å². The quantitative estimate of drug-likeness (QED) is 0.431. The van der Waals surface area contributed by atoms with Crippen molar-refractivity contribution in [3.63, 3.8) is 0 Å². The highest BCUT2D eigenvalue weighted by molar-refractivity contribution is 7.39. The van der Waals surface area contributed by atoms with Crippen LogP contribution in [0.2, 0.25) is 0 Å². The number of hydrogen-bond acceptors (Lipinski definition) is 0. The van der Waals surface area contributed by atoms with E-state index in [1.165, 1.54) is 25.7 Å². The fourth-order valence-electron chi connectivity index (χ4n) is 1.44. The molecule has 0 aliphatic carbocycles. The second-order valence-corrected chi connectivity index (χ2v) is 5.92. The highest BCUT2D eigenvalue weighted by Crippen LogP contribution is 2.40. The molecule has 0 nitrogen and oxygen atoms in total. The van der Waals surface area contributed by atoms with E-state index in [0.717, 1.165) is 14.5 Å². The monoisotopic (exact) mass is 188 g/mol. The van der Waals surface area contributed by atoms with Gasteiger partial charge in [-0.1, -0.05) is 47.0 Å². The largest absolute Gasteiger partial charge is 0.119 e. The van der Waals surface area contributed by atoms with E-state index in [2.05, 4.69) is 34.4 Å². The predicted molar refractivity (Wildman–Crippen MR) is 61.6 cm³/mol. The summed E-state index contributed by atoms with van der Waals surface area (Å²) >= 11 is 0. The highest BCUT2D eigenvalue weighted by atomic mass is 31.1.